The molecule has 0 saturated heterocycles. The van der Waals surface area contributed by atoms with E-state index in [4.69, 9.17) is 0 Å². The number of nitrogens with zero attached hydrogens (tertiary/aromatic N) is 2. The molecule has 4 nitrogen and oxygen atoms in total. The van der Waals surface area contributed by atoms with Crippen LogP contribution in [0.2, 0.25) is 0 Å². The van der Waals surface area contributed by atoms with Gasteiger partial charge in [-0.3, -0.25) is 0 Å². The number of aryl methyl sites for hydroxylation is 1. The molecule has 0 bridgehead atoms. The number of aromatic nitrogens is 2. The Labute approximate surface area is 111 Å². The molecule has 2 heterocycles. The average molecular weight is 262 g/mol. The van der Waals surface area contributed by atoms with Crippen LogP contribution in [0.1, 0.15) is 24.1 Å². The second-order valence-corrected chi connectivity index (χ2v) is 6.12. The summed E-state index contributed by atoms with van der Waals surface area (Å²) in [6.45, 7) is 3.12. The van der Waals surface area contributed by atoms with Gasteiger partial charge in [0.1, 0.15) is 10.6 Å². The van der Waals surface area contributed by atoms with Crippen molar-refractivity contribution in [3.8, 4) is 0 Å². The minimum atomic E-state index is 0.693. The van der Waals surface area contributed by atoms with E-state index in [2.05, 4.69) is 33.6 Å². The lowest BCUT2D eigenvalue weighted by Crippen LogP contribution is -2.06. The highest BCUT2D eigenvalue weighted by atomic mass is 32.1. The van der Waals surface area contributed by atoms with Crippen LogP contribution in [-0.2, 0) is 0 Å². The second-order valence-electron chi connectivity index (χ2n) is 4.88. The van der Waals surface area contributed by atoms with Crippen molar-refractivity contribution in [3.63, 3.8) is 0 Å². The van der Waals surface area contributed by atoms with Crippen LogP contribution in [0.3, 0.4) is 0 Å². The molecule has 0 amide bonds. The zero-order chi connectivity index (χ0) is 12.5. The lowest BCUT2D eigenvalue weighted by Gasteiger charge is -2.08. The molecule has 2 aromatic heterocycles. The molecule has 0 atom stereocenters. The van der Waals surface area contributed by atoms with Crippen molar-refractivity contribution < 1.29 is 0 Å². The smallest absolute Gasteiger partial charge is 0.225 e. The molecule has 1 aliphatic rings. The predicted octanol–water partition coefficient (Wildman–Crippen LogP) is 3.25. The van der Waals surface area contributed by atoms with Gasteiger partial charge < -0.3 is 10.6 Å². The van der Waals surface area contributed by atoms with Crippen molar-refractivity contribution >= 4 is 33.3 Å². The first-order valence-corrected chi connectivity index (χ1v) is 7.27. The zero-order valence-electron chi connectivity index (χ0n) is 10.8. The SMILES string of the molecule is CNc1nc(NCCC2CC2)c2cc(C)sc2n1. The largest absolute Gasteiger partial charge is 0.369 e. The molecule has 96 valence electrons. The highest BCUT2D eigenvalue weighted by Crippen LogP contribution is 2.33. The van der Waals surface area contributed by atoms with E-state index in [1.165, 1.54) is 24.1 Å². The third-order valence-electron chi connectivity index (χ3n) is 3.28. The van der Waals surface area contributed by atoms with Crippen LogP contribution in [0.15, 0.2) is 6.07 Å². The molecule has 0 radical (unpaired) electrons. The van der Waals surface area contributed by atoms with Gasteiger partial charge in [0.15, 0.2) is 0 Å². The topological polar surface area (TPSA) is 49.8 Å². The summed E-state index contributed by atoms with van der Waals surface area (Å²) in [6.07, 6.45) is 4.06. The Morgan fingerprint density at radius 2 is 2.22 bits per heavy atom. The molecule has 1 aliphatic carbocycles. The Balaban J connectivity index is 1.86. The summed E-state index contributed by atoms with van der Waals surface area (Å²) in [4.78, 5) is 11.3. The van der Waals surface area contributed by atoms with E-state index in [9.17, 15) is 0 Å². The van der Waals surface area contributed by atoms with Gasteiger partial charge in [0.2, 0.25) is 5.95 Å². The molecule has 18 heavy (non-hydrogen) atoms. The number of thiophene rings is 1. The van der Waals surface area contributed by atoms with Crippen molar-refractivity contribution in [1.82, 2.24) is 9.97 Å². The standard InChI is InChI=1S/C13H18N4S/c1-8-7-10-11(15-6-5-9-3-4-9)16-13(14-2)17-12(10)18-8/h7,9H,3-6H2,1-2H3,(H2,14,15,16,17). The van der Waals surface area contributed by atoms with Crippen molar-refractivity contribution in [2.24, 2.45) is 5.92 Å². The van der Waals surface area contributed by atoms with Gasteiger partial charge in [-0.15, -0.1) is 11.3 Å². The first-order valence-electron chi connectivity index (χ1n) is 6.46. The van der Waals surface area contributed by atoms with Gasteiger partial charge >= 0.3 is 0 Å². The van der Waals surface area contributed by atoms with Gasteiger partial charge in [-0.25, -0.2) is 4.98 Å². The fourth-order valence-electron chi connectivity index (χ4n) is 2.09. The van der Waals surface area contributed by atoms with Crippen molar-refractivity contribution in [2.45, 2.75) is 26.2 Å². The van der Waals surface area contributed by atoms with Crippen molar-refractivity contribution in [1.29, 1.82) is 0 Å². The number of hydrogen-bond donors (Lipinski definition) is 2. The van der Waals surface area contributed by atoms with E-state index < -0.39 is 0 Å². The minimum Gasteiger partial charge on any atom is -0.369 e. The number of nitrogens with one attached hydrogen (secondary N) is 2. The molecule has 3 rings (SSSR count). The third kappa shape index (κ3) is 2.41. The molecule has 1 fully saturated rings. The van der Waals surface area contributed by atoms with E-state index in [1.54, 1.807) is 11.3 Å². The lowest BCUT2D eigenvalue weighted by atomic mass is 10.3. The summed E-state index contributed by atoms with van der Waals surface area (Å²) in [5, 5.41) is 7.63. The minimum absolute atomic E-state index is 0.693. The Hall–Kier alpha value is -1.36. The Kier molecular flexibility index (Phi) is 3.07. The second kappa shape index (κ2) is 4.72. The summed E-state index contributed by atoms with van der Waals surface area (Å²) in [6, 6.07) is 2.17. The molecule has 2 aromatic rings. The molecule has 0 aromatic carbocycles. The summed E-state index contributed by atoms with van der Waals surface area (Å²) < 4.78 is 0. The van der Waals surface area contributed by atoms with Crippen molar-refractivity contribution in [3.05, 3.63) is 10.9 Å². The average Bonchev–Trinajstić information content (AvgIpc) is 3.09. The molecule has 2 N–H and O–H groups in total. The van der Waals surface area contributed by atoms with Crippen LogP contribution < -0.4 is 10.6 Å². The van der Waals surface area contributed by atoms with E-state index in [0.29, 0.717) is 5.95 Å². The Bertz CT molecular complexity index is 559. The van der Waals surface area contributed by atoms with Crippen LogP contribution in [0.5, 0.6) is 0 Å². The molecular weight excluding hydrogens is 244 g/mol. The Morgan fingerprint density at radius 3 is 2.94 bits per heavy atom. The maximum atomic E-state index is 4.52. The molecular formula is C13H18N4S. The fraction of sp³-hybridized carbons (Fsp3) is 0.538. The normalized spacial score (nSPS) is 15.0. The number of anilines is 2. The van der Waals surface area contributed by atoms with Gasteiger partial charge in [-0.1, -0.05) is 12.8 Å². The first kappa shape index (κ1) is 11.7. The summed E-state index contributed by atoms with van der Waals surface area (Å²) in [7, 11) is 1.86. The first-order chi connectivity index (χ1) is 8.76. The van der Waals surface area contributed by atoms with E-state index in [0.717, 1.165) is 28.5 Å². The quantitative estimate of drug-likeness (QED) is 0.868. The van der Waals surface area contributed by atoms with Gasteiger partial charge in [0.05, 0.1) is 5.39 Å². The fourth-order valence-corrected chi connectivity index (χ4v) is 2.97. The maximum absolute atomic E-state index is 4.52. The summed E-state index contributed by atoms with van der Waals surface area (Å²) in [5.41, 5.74) is 0. The molecule has 5 heteroatoms. The highest BCUT2D eigenvalue weighted by molar-refractivity contribution is 7.18. The van der Waals surface area contributed by atoms with E-state index in [-0.39, 0.29) is 0 Å². The van der Waals surface area contributed by atoms with Crippen LogP contribution in [0.25, 0.3) is 10.2 Å². The van der Waals surface area contributed by atoms with Crippen molar-refractivity contribution in [2.75, 3.05) is 24.2 Å². The van der Waals surface area contributed by atoms with Gasteiger partial charge in [-0.05, 0) is 25.3 Å². The summed E-state index contributed by atoms with van der Waals surface area (Å²) in [5.74, 6) is 2.61. The van der Waals surface area contributed by atoms with E-state index in [1.807, 2.05) is 7.05 Å². The molecule has 0 aliphatic heterocycles. The number of fused-ring (bicyclic) bond motifs is 1. The predicted molar refractivity (Wildman–Crippen MR) is 77.5 cm³/mol. The van der Waals surface area contributed by atoms with Crippen LogP contribution in [0.4, 0.5) is 11.8 Å². The zero-order valence-corrected chi connectivity index (χ0v) is 11.6. The molecule has 0 unspecified atom stereocenters. The van der Waals surface area contributed by atoms with E-state index >= 15 is 0 Å². The third-order valence-corrected chi connectivity index (χ3v) is 4.23. The number of hydrogen-bond acceptors (Lipinski definition) is 5. The van der Waals surface area contributed by atoms with Gasteiger partial charge in [-0.2, -0.15) is 4.98 Å². The highest BCUT2D eigenvalue weighted by Gasteiger charge is 2.20. The molecule has 0 spiro atoms. The summed E-state index contributed by atoms with van der Waals surface area (Å²) >= 11 is 1.72. The Morgan fingerprint density at radius 1 is 1.39 bits per heavy atom. The van der Waals surface area contributed by atoms with Crippen LogP contribution in [-0.4, -0.2) is 23.6 Å². The van der Waals surface area contributed by atoms with Crippen LogP contribution in [0, 0.1) is 12.8 Å². The lowest BCUT2D eigenvalue weighted by molar-refractivity contribution is 0.759. The van der Waals surface area contributed by atoms with Crippen LogP contribution >= 0.6 is 11.3 Å². The number of rotatable bonds is 5. The molecule has 1 saturated carbocycles. The monoisotopic (exact) mass is 262 g/mol. The van der Waals surface area contributed by atoms with Gasteiger partial charge in [0.25, 0.3) is 0 Å². The maximum Gasteiger partial charge on any atom is 0.225 e. The van der Waals surface area contributed by atoms with Gasteiger partial charge in [0, 0.05) is 18.5 Å².